The van der Waals surface area contributed by atoms with Crippen LogP contribution in [-0.4, -0.2) is 50.3 Å². The number of piperidine rings is 1. The predicted octanol–water partition coefficient (Wildman–Crippen LogP) is 1.34. The second kappa shape index (κ2) is 5.99. The third kappa shape index (κ3) is 3.19. The molecule has 0 amide bonds. The molecule has 0 aromatic rings. The van der Waals surface area contributed by atoms with E-state index >= 15 is 0 Å². The Balaban J connectivity index is 1.68. The van der Waals surface area contributed by atoms with Crippen molar-refractivity contribution in [2.24, 2.45) is 11.8 Å². The average molecular weight is 226 g/mol. The Kier molecular flexibility index (Phi) is 4.62. The molecule has 3 heteroatoms. The van der Waals surface area contributed by atoms with E-state index in [9.17, 15) is 0 Å². The number of rotatable bonds is 4. The van der Waals surface area contributed by atoms with Crippen molar-refractivity contribution in [2.45, 2.75) is 32.8 Å². The van der Waals surface area contributed by atoms with Gasteiger partial charge in [-0.05, 0) is 44.7 Å². The van der Waals surface area contributed by atoms with Crippen LogP contribution in [0.4, 0.5) is 0 Å². The summed E-state index contributed by atoms with van der Waals surface area (Å²) in [5, 5.41) is 3.49. The summed E-state index contributed by atoms with van der Waals surface area (Å²) in [4.78, 5) is 2.63. The molecule has 2 heterocycles. The van der Waals surface area contributed by atoms with Crippen LogP contribution in [0.25, 0.3) is 0 Å². The average Bonchev–Trinajstić information content (AvgIpc) is 2.68. The molecule has 0 radical (unpaired) electrons. The van der Waals surface area contributed by atoms with Gasteiger partial charge in [-0.15, -0.1) is 0 Å². The van der Waals surface area contributed by atoms with Gasteiger partial charge in [-0.1, -0.05) is 6.92 Å². The first-order valence-corrected chi connectivity index (χ1v) is 6.84. The molecule has 0 spiro atoms. The second-order valence-corrected chi connectivity index (χ2v) is 5.35. The Bertz CT molecular complexity index is 202. The van der Waals surface area contributed by atoms with Gasteiger partial charge in [-0.3, -0.25) is 0 Å². The lowest BCUT2D eigenvalue weighted by Crippen LogP contribution is -2.40. The molecule has 94 valence electrons. The van der Waals surface area contributed by atoms with Gasteiger partial charge < -0.3 is 15.0 Å². The number of nitrogens with zero attached hydrogens (tertiary/aromatic N) is 1. The molecule has 2 saturated heterocycles. The predicted molar refractivity (Wildman–Crippen MR) is 66.6 cm³/mol. The fourth-order valence-corrected chi connectivity index (χ4v) is 2.93. The van der Waals surface area contributed by atoms with Crippen molar-refractivity contribution in [1.29, 1.82) is 0 Å². The molecule has 3 nitrogen and oxygen atoms in total. The number of ether oxygens (including phenoxy) is 1. The maximum Gasteiger partial charge on any atom is 0.0599 e. The molecule has 0 aromatic heterocycles. The number of hydrogen-bond donors (Lipinski definition) is 1. The Morgan fingerprint density at radius 2 is 2.00 bits per heavy atom. The topological polar surface area (TPSA) is 24.5 Å². The van der Waals surface area contributed by atoms with Gasteiger partial charge >= 0.3 is 0 Å². The molecule has 2 aliphatic heterocycles. The van der Waals surface area contributed by atoms with Crippen molar-refractivity contribution in [1.82, 2.24) is 10.2 Å². The first-order chi connectivity index (χ1) is 7.79. The van der Waals surface area contributed by atoms with E-state index in [1.807, 2.05) is 0 Å². The van der Waals surface area contributed by atoms with Crippen LogP contribution < -0.4 is 5.32 Å². The van der Waals surface area contributed by atoms with E-state index in [0.717, 1.165) is 18.4 Å². The molecule has 0 aliphatic carbocycles. The van der Waals surface area contributed by atoms with Gasteiger partial charge in [0, 0.05) is 26.2 Å². The van der Waals surface area contributed by atoms with E-state index in [1.54, 1.807) is 0 Å². The van der Waals surface area contributed by atoms with E-state index in [1.165, 1.54) is 45.6 Å². The van der Waals surface area contributed by atoms with Gasteiger partial charge in [0.2, 0.25) is 0 Å². The van der Waals surface area contributed by atoms with Crippen molar-refractivity contribution in [3.63, 3.8) is 0 Å². The summed E-state index contributed by atoms with van der Waals surface area (Å²) in [6.45, 7) is 11.5. The molecule has 1 N–H and O–H groups in total. The van der Waals surface area contributed by atoms with Gasteiger partial charge in [0.1, 0.15) is 0 Å². The van der Waals surface area contributed by atoms with Gasteiger partial charge in [-0.2, -0.15) is 0 Å². The first kappa shape index (κ1) is 12.3. The van der Waals surface area contributed by atoms with Crippen LogP contribution >= 0.6 is 0 Å². The van der Waals surface area contributed by atoms with Crippen LogP contribution in [0.5, 0.6) is 0 Å². The summed E-state index contributed by atoms with van der Waals surface area (Å²) in [5.74, 6) is 1.72. The van der Waals surface area contributed by atoms with Gasteiger partial charge in [0.25, 0.3) is 0 Å². The zero-order chi connectivity index (χ0) is 11.4. The molecule has 0 bridgehead atoms. The lowest BCUT2D eigenvalue weighted by atomic mass is 9.96. The highest BCUT2D eigenvalue weighted by molar-refractivity contribution is 4.82. The fourth-order valence-electron chi connectivity index (χ4n) is 2.93. The van der Waals surface area contributed by atoms with Crippen LogP contribution in [0.3, 0.4) is 0 Å². The Labute approximate surface area is 99.5 Å². The standard InChI is InChI=1S/C13H26N2O/c1-3-16-13-4-6-15(7-5-13)10-12-9-14-8-11(12)2/h11-14H,3-10H2,1-2H3/t11-,12+/m1/s1. The van der Waals surface area contributed by atoms with Crippen LogP contribution in [0, 0.1) is 11.8 Å². The van der Waals surface area contributed by atoms with E-state index in [4.69, 9.17) is 4.74 Å². The maximum absolute atomic E-state index is 5.68. The maximum atomic E-state index is 5.68. The van der Waals surface area contributed by atoms with Crippen molar-refractivity contribution in [3.8, 4) is 0 Å². The molecule has 16 heavy (non-hydrogen) atoms. The summed E-state index contributed by atoms with van der Waals surface area (Å²) in [6.07, 6.45) is 2.98. The minimum atomic E-state index is 0.528. The summed E-state index contributed by atoms with van der Waals surface area (Å²) in [6, 6.07) is 0. The molecule has 0 unspecified atom stereocenters. The molecular formula is C13H26N2O. The zero-order valence-electron chi connectivity index (χ0n) is 10.7. The normalized spacial score (nSPS) is 33.4. The lowest BCUT2D eigenvalue weighted by Gasteiger charge is -2.33. The third-order valence-corrected chi connectivity index (χ3v) is 4.11. The summed E-state index contributed by atoms with van der Waals surface area (Å²) in [7, 11) is 0. The smallest absolute Gasteiger partial charge is 0.0599 e. The Hall–Kier alpha value is -0.120. The van der Waals surface area contributed by atoms with Gasteiger partial charge in [-0.25, -0.2) is 0 Å². The fraction of sp³-hybridized carbons (Fsp3) is 1.00. The highest BCUT2D eigenvalue weighted by atomic mass is 16.5. The van der Waals surface area contributed by atoms with Crippen molar-refractivity contribution in [2.75, 3.05) is 39.3 Å². The van der Waals surface area contributed by atoms with Gasteiger partial charge in [0.05, 0.1) is 6.10 Å². The van der Waals surface area contributed by atoms with Crippen LogP contribution in [0.15, 0.2) is 0 Å². The minimum Gasteiger partial charge on any atom is -0.378 e. The molecule has 2 rings (SSSR count). The van der Waals surface area contributed by atoms with Crippen LogP contribution in [0.2, 0.25) is 0 Å². The van der Waals surface area contributed by atoms with Crippen LogP contribution in [0.1, 0.15) is 26.7 Å². The SMILES string of the molecule is CCOC1CCN(C[C@@H]2CNC[C@H]2C)CC1. The Morgan fingerprint density at radius 3 is 2.56 bits per heavy atom. The summed E-state index contributed by atoms with van der Waals surface area (Å²) < 4.78 is 5.68. The quantitative estimate of drug-likeness (QED) is 0.783. The second-order valence-electron chi connectivity index (χ2n) is 5.35. The van der Waals surface area contributed by atoms with Crippen molar-refractivity contribution in [3.05, 3.63) is 0 Å². The highest BCUT2D eigenvalue weighted by Gasteiger charge is 2.27. The van der Waals surface area contributed by atoms with Crippen LogP contribution in [-0.2, 0) is 4.74 Å². The minimum absolute atomic E-state index is 0.528. The third-order valence-electron chi connectivity index (χ3n) is 4.11. The molecular weight excluding hydrogens is 200 g/mol. The number of nitrogens with one attached hydrogen (secondary N) is 1. The van der Waals surface area contributed by atoms with E-state index < -0.39 is 0 Å². The Morgan fingerprint density at radius 1 is 1.25 bits per heavy atom. The molecule has 2 fully saturated rings. The van der Waals surface area contributed by atoms with E-state index in [-0.39, 0.29) is 0 Å². The first-order valence-electron chi connectivity index (χ1n) is 6.84. The molecule has 0 saturated carbocycles. The highest BCUT2D eigenvalue weighted by Crippen LogP contribution is 2.20. The van der Waals surface area contributed by atoms with Crippen molar-refractivity contribution < 1.29 is 4.74 Å². The summed E-state index contributed by atoms with van der Waals surface area (Å²) in [5.41, 5.74) is 0. The monoisotopic (exact) mass is 226 g/mol. The largest absolute Gasteiger partial charge is 0.378 e. The van der Waals surface area contributed by atoms with Gasteiger partial charge in [0.15, 0.2) is 0 Å². The molecule has 2 aliphatic rings. The molecule has 0 aromatic carbocycles. The van der Waals surface area contributed by atoms with E-state index in [2.05, 4.69) is 24.1 Å². The number of likely N-dealkylation sites (tertiary alicyclic amines) is 1. The summed E-state index contributed by atoms with van der Waals surface area (Å²) >= 11 is 0. The zero-order valence-corrected chi connectivity index (χ0v) is 10.7. The van der Waals surface area contributed by atoms with E-state index in [0.29, 0.717) is 6.10 Å². The lowest BCUT2D eigenvalue weighted by molar-refractivity contribution is 0.0105. The number of hydrogen-bond acceptors (Lipinski definition) is 3. The van der Waals surface area contributed by atoms with Crippen molar-refractivity contribution >= 4 is 0 Å². The molecule has 2 atom stereocenters.